The lowest BCUT2D eigenvalue weighted by molar-refractivity contribution is 0.174. The number of anilines is 3. The summed E-state index contributed by atoms with van der Waals surface area (Å²) in [7, 11) is 0. The SMILES string of the molecule is Nc1cc(Cl)c(Nc2ccc3c(c2)OCO3)c(Cl)c1. The molecule has 1 aliphatic rings. The summed E-state index contributed by atoms with van der Waals surface area (Å²) in [6.07, 6.45) is 0. The van der Waals surface area contributed by atoms with Crippen LogP contribution in [0.3, 0.4) is 0 Å². The number of nitrogen functional groups attached to an aromatic ring is 1. The zero-order valence-corrected chi connectivity index (χ0v) is 11.3. The number of halogens is 2. The molecule has 98 valence electrons. The average molecular weight is 297 g/mol. The summed E-state index contributed by atoms with van der Waals surface area (Å²) < 4.78 is 10.6. The predicted molar refractivity (Wildman–Crippen MR) is 76.7 cm³/mol. The molecular formula is C13H10Cl2N2O2. The van der Waals surface area contributed by atoms with Crippen molar-refractivity contribution >= 4 is 40.3 Å². The Hall–Kier alpha value is -1.78. The lowest BCUT2D eigenvalue weighted by Crippen LogP contribution is -1.94. The van der Waals surface area contributed by atoms with Gasteiger partial charge in [0.2, 0.25) is 6.79 Å². The zero-order chi connectivity index (χ0) is 13.4. The second-order valence-corrected chi connectivity index (χ2v) is 4.87. The number of ether oxygens (including phenoxy) is 2. The van der Waals surface area contributed by atoms with Crippen LogP contribution in [0.4, 0.5) is 17.1 Å². The second kappa shape index (κ2) is 4.72. The van der Waals surface area contributed by atoms with Gasteiger partial charge in [-0.1, -0.05) is 23.2 Å². The van der Waals surface area contributed by atoms with Crippen molar-refractivity contribution in [1.82, 2.24) is 0 Å². The molecule has 0 saturated heterocycles. The molecular weight excluding hydrogens is 287 g/mol. The van der Waals surface area contributed by atoms with Crippen molar-refractivity contribution in [3.8, 4) is 11.5 Å². The molecule has 0 bridgehead atoms. The maximum Gasteiger partial charge on any atom is 0.231 e. The van der Waals surface area contributed by atoms with Crippen molar-refractivity contribution in [2.24, 2.45) is 0 Å². The summed E-state index contributed by atoms with van der Waals surface area (Å²) >= 11 is 12.2. The molecule has 1 heterocycles. The van der Waals surface area contributed by atoms with Gasteiger partial charge in [0.25, 0.3) is 0 Å². The Morgan fingerprint density at radius 1 is 1.00 bits per heavy atom. The number of rotatable bonds is 2. The van der Waals surface area contributed by atoms with E-state index in [9.17, 15) is 0 Å². The number of hydrogen-bond donors (Lipinski definition) is 2. The van der Waals surface area contributed by atoms with Crippen LogP contribution in [-0.4, -0.2) is 6.79 Å². The van der Waals surface area contributed by atoms with Gasteiger partial charge in [0, 0.05) is 17.4 Å². The van der Waals surface area contributed by atoms with Crippen molar-refractivity contribution in [2.75, 3.05) is 17.8 Å². The van der Waals surface area contributed by atoms with Crippen LogP contribution in [0.1, 0.15) is 0 Å². The van der Waals surface area contributed by atoms with E-state index in [0.29, 0.717) is 27.2 Å². The fourth-order valence-corrected chi connectivity index (χ4v) is 2.43. The summed E-state index contributed by atoms with van der Waals surface area (Å²) in [5.41, 5.74) is 7.59. The van der Waals surface area contributed by atoms with Crippen LogP contribution in [-0.2, 0) is 0 Å². The third-order valence-corrected chi connectivity index (χ3v) is 3.30. The minimum absolute atomic E-state index is 0.238. The molecule has 0 aliphatic carbocycles. The van der Waals surface area contributed by atoms with Crippen molar-refractivity contribution < 1.29 is 9.47 Å². The molecule has 0 spiro atoms. The molecule has 0 saturated carbocycles. The van der Waals surface area contributed by atoms with Gasteiger partial charge in [0.1, 0.15) is 0 Å². The summed E-state index contributed by atoms with van der Waals surface area (Å²) in [4.78, 5) is 0. The predicted octanol–water partition coefficient (Wildman–Crippen LogP) is 4.05. The van der Waals surface area contributed by atoms with Gasteiger partial charge < -0.3 is 20.5 Å². The van der Waals surface area contributed by atoms with E-state index < -0.39 is 0 Å². The lowest BCUT2D eigenvalue weighted by atomic mass is 10.2. The topological polar surface area (TPSA) is 56.5 Å². The highest BCUT2D eigenvalue weighted by Gasteiger charge is 2.14. The van der Waals surface area contributed by atoms with Gasteiger partial charge in [0.15, 0.2) is 11.5 Å². The van der Waals surface area contributed by atoms with E-state index in [4.69, 9.17) is 38.4 Å². The van der Waals surface area contributed by atoms with Gasteiger partial charge in [-0.25, -0.2) is 0 Å². The second-order valence-electron chi connectivity index (χ2n) is 4.05. The maximum absolute atomic E-state index is 6.12. The Bertz CT molecular complexity index is 624. The number of fused-ring (bicyclic) bond motifs is 1. The summed E-state index contributed by atoms with van der Waals surface area (Å²) in [6.45, 7) is 0.238. The van der Waals surface area contributed by atoms with Gasteiger partial charge in [-0.3, -0.25) is 0 Å². The molecule has 0 fully saturated rings. The minimum atomic E-state index is 0.238. The quantitative estimate of drug-likeness (QED) is 0.821. The van der Waals surface area contributed by atoms with E-state index in [1.807, 2.05) is 18.2 Å². The molecule has 3 N–H and O–H groups in total. The number of nitrogens with two attached hydrogens (primary N) is 1. The molecule has 1 aliphatic heterocycles. The Balaban J connectivity index is 1.93. The van der Waals surface area contributed by atoms with E-state index in [1.54, 1.807) is 12.1 Å². The van der Waals surface area contributed by atoms with Gasteiger partial charge in [0.05, 0.1) is 15.7 Å². The molecule has 6 heteroatoms. The molecule has 2 aromatic rings. The van der Waals surface area contributed by atoms with Gasteiger partial charge >= 0.3 is 0 Å². The molecule has 4 nitrogen and oxygen atoms in total. The average Bonchev–Trinajstić information content (AvgIpc) is 2.81. The first kappa shape index (κ1) is 12.3. The molecule has 0 atom stereocenters. The first-order valence-electron chi connectivity index (χ1n) is 5.54. The highest BCUT2D eigenvalue weighted by Crippen LogP contribution is 2.38. The van der Waals surface area contributed by atoms with E-state index in [0.717, 1.165) is 11.4 Å². The van der Waals surface area contributed by atoms with Crippen LogP contribution in [0.25, 0.3) is 0 Å². The van der Waals surface area contributed by atoms with Crippen LogP contribution >= 0.6 is 23.2 Å². The molecule has 0 aromatic heterocycles. The molecule has 2 aromatic carbocycles. The third kappa shape index (κ3) is 2.37. The van der Waals surface area contributed by atoms with Crippen LogP contribution in [0.5, 0.6) is 11.5 Å². The monoisotopic (exact) mass is 296 g/mol. The maximum atomic E-state index is 6.12. The van der Waals surface area contributed by atoms with Gasteiger partial charge in [-0.15, -0.1) is 0 Å². The summed E-state index contributed by atoms with van der Waals surface area (Å²) in [6, 6.07) is 8.79. The standard InChI is InChI=1S/C13H10Cl2N2O2/c14-9-3-7(16)4-10(15)13(9)17-8-1-2-11-12(5-8)19-6-18-11/h1-5,17H,6,16H2. The zero-order valence-electron chi connectivity index (χ0n) is 9.74. The van der Waals surface area contributed by atoms with Crippen LogP contribution in [0.15, 0.2) is 30.3 Å². The third-order valence-electron chi connectivity index (χ3n) is 2.71. The molecule has 19 heavy (non-hydrogen) atoms. The van der Waals surface area contributed by atoms with E-state index in [2.05, 4.69) is 5.32 Å². The van der Waals surface area contributed by atoms with Gasteiger partial charge in [-0.2, -0.15) is 0 Å². The minimum Gasteiger partial charge on any atom is -0.454 e. The van der Waals surface area contributed by atoms with E-state index >= 15 is 0 Å². The van der Waals surface area contributed by atoms with Gasteiger partial charge in [-0.05, 0) is 24.3 Å². The number of nitrogens with one attached hydrogen (secondary N) is 1. The van der Waals surface area contributed by atoms with E-state index in [1.165, 1.54) is 0 Å². The van der Waals surface area contributed by atoms with Crippen LogP contribution in [0.2, 0.25) is 10.0 Å². The largest absolute Gasteiger partial charge is 0.454 e. The molecule has 0 unspecified atom stereocenters. The van der Waals surface area contributed by atoms with E-state index in [-0.39, 0.29) is 6.79 Å². The Morgan fingerprint density at radius 2 is 1.68 bits per heavy atom. The molecule has 0 radical (unpaired) electrons. The lowest BCUT2D eigenvalue weighted by Gasteiger charge is -2.11. The van der Waals surface area contributed by atoms with Crippen molar-refractivity contribution in [3.05, 3.63) is 40.4 Å². The normalized spacial score (nSPS) is 12.5. The fraction of sp³-hybridized carbons (Fsp3) is 0.0769. The van der Waals surface area contributed by atoms with Crippen molar-refractivity contribution in [1.29, 1.82) is 0 Å². The van der Waals surface area contributed by atoms with Crippen LogP contribution < -0.4 is 20.5 Å². The van der Waals surface area contributed by atoms with Crippen molar-refractivity contribution in [3.63, 3.8) is 0 Å². The van der Waals surface area contributed by atoms with Crippen LogP contribution in [0, 0.1) is 0 Å². The number of hydrogen-bond acceptors (Lipinski definition) is 4. The molecule has 0 amide bonds. The number of benzene rings is 2. The Kier molecular flexibility index (Phi) is 3.05. The molecule has 3 rings (SSSR count). The Morgan fingerprint density at radius 3 is 2.42 bits per heavy atom. The smallest absolute Gasteiger partial charge is 0.231 e. The highest BCUT2D eigenvalue weighted by molar-refractivity contribution is 6.39. The highest BCUT2D eigenvalue weighted by atomic mass is 35.5. The van der Waals surface area contributed by atoms with Crippen molar-refractivity contribution in [2.45, 2.75) is 0 Å². The first-order valence-corrected chi connectivity index (χ1v) is 6.30. The first-order chi connectivity index (χ1) is 9.13. The Labute approximate surface area is 120 Å². The summed E-state index contributed by atoms with van der Waals surface area (Å²) in [5.74, 6) is 1.41. The fourth-order valence-electron chi connectivity index (χ4n) is 1.83. The summed E-state index contributed by atoms with van der Waals surface area (Å²) in [5, 5.41) is 4.06.